The minimum atomic E-state index is -3.23. The van der Waals surface area contributed by atoms with Crippen LogP contribution in [0.2, 0.25) is 0 Å². The van der Waals surface area contributed by atoms with Crippen LogP contribution in [0.3, 0.4) is 0 Å². The highest BCUT2D eigenvalue weighted by Crippen LogP contribution is 2.17. The van der Waals surface area contributed by atoms with E-state index < -0.39 is 15.1 Å². The number of anilines is 1. The molecule has 6 nitrogen and oxygen atoms in total. The summed E-state index contributed by atoms with van der Waals surface area (Å²) in [6, 6.07) is 6.66. The number of hydrogen-bond acceptors (Lipinski definition) is 6. The summed E-state index contributed by atoms with van der Waals surface area (Å²) in [6.45, 7) is 3.31. The van der Waals surface area contributed by atoms with Crippen molar-refractivity contribution in [2.75, 3.05) is 5.73 Å². The minimum Gasteiger partial charge on any atom is -0.408 e. The highest BCUT2D eigenvalue weighted by molar-refractivity contribution is 7.92. The molecular weight excluding hydrogens is 266 g/mol. The first-order valence-corrected chi connectivity index (χ1v) is 7.35. The van der Waals surface area contributed by atoms with E-state index in [2.05, 4.69) is 10.2 Å². The third kappa shape index (κ3) is 2.93. The van der Waals surface area contributed by atoms with Crippen LogP contribution in [0, 0.1) is 0 Å². The van der Waals surface area contributed by atoms with Gasteiger partial charge in [0.15, 0.2) is 9.84 Å². The van der Waals surface area contributed by atoms with Crippen LogP contribution in [-0.4, -0.2) is 23.9 Å². The Kier molecular flexibility index (Phi) is 3.57. The Morgan fingerprint density at radius 1 is 1.21 bits per heavy atom. The molecule has 0 spiro atoms. The topological polar surface area (TPSA) is 99.1 Å². The molecule has 0 amide bonds. The average molecular weight is 281 g/mol. The van der Waals surface area contributed by atoms with Gasteiger partial charge in [0.2, 0.25) is 5.89 Å². The number of nitrogens with zero attached hydrogens (tertiary/aromatic N) is 2. The van der Waals surface area contributed by atoms with Crippen LogP contribution in [0.1, 0.15) is 25.3 Å². The van der Waals surface area contributed by atoms with E-state index in [1.807, 2.05) is 0 Å². The molecule has 0 atom stereocenters. The van der Waals surface area contributed by atoms with Gasteiger partial charge in [0.05, 0.1) is 16.6 Å². The molecule has 0 aliphatic carbocycles. The molecule has 2 N–H and O–H groups in total. The van der Waals surface area contributed by atoms with E-state index in [-0.39, 0.29) is 6.01 Å². The van der Waals surface area contributed by atoms with Gasteiger partial charge in [-0.05, 0) is 31.5 Å². The van der Waals surface area contributed by atoms with Crippen molar-refractivity contribution in [1.82, 2.24) is 10.2 Å². The molecule has 1 heterocycles. The Morgan fingerprint density at radius 3 is 2.32 bits per heavy atom. The monoisotopic (exact) mass is 281 g/mol. The zero-order chi connectivity index (χ0) is 14.0. The molecule has 102 valence electrons. The molecule has 7 heteroatoms. The normalized spacial score (nSPS) is 11.9. The van der Waals surface area contributed by atoms with Crippen molar-refractivity contribution in [1.29, 1.82) is 0 Å². The first-order chi connectivity index (χ1) is 8.89. The Labute approximate surface area is 111 Å². The van der Waals surface area contributed by atoms with E-state index in [4.69, 9.17) is 10.2 Å². The van der Waals surface area contributed by atoms with Crippen molar-refractivity contribution in [3.8, 4) is 0 Å². The van der Waals surface area contributed by atoms with Gasteiger partial charge in [0.1, 0.15) is 0 Å². The maximum absolute atomic E-state index is 11.9. The molecule has 1 aromatic carbocycles. The summed E-state index contributed by atoms with van der Waals surface area (Å²) in [5, 5.41) is 6.87. The van der Waals surface area contributed by atoms with Gasteiger partial charge in [-0.1, -0.05) is 17.2 Å². The molecule has 2 aromatic rings. The number of sulfone groups is 1. The van der Waals surface area contributed by atoms with Crippen molar-refractivity contribution in [2.45, 2.75) is 30.4 Å². The lowest BCUT2D eigenvalue weighted by atomic mass is 10.1. The lowest BCUT2D eigenvalue weighted by molar-refractivity contribution is 0.522. The lowest BCUT2D eigenvalue weighted by Gasteiger charge is -2.08. The van der Waals surface area contributed by atoms with Crippen molar-refractivity contribution in [3.63, 3.8) is 0 Å². The van der Waals surface area contributed by atoms with Gasteiger partial charge >= 0.3 is 6.01 Å². The Morgan fingerprint density at radius 2 is 1.84 bits per heavy atom. The molecule has 1 aromatic heterocycles. The van der Waals surface area contributed by atoms with Gasteiger partial charge in [0, 0.05) is 0 Å². The van der Waals surface area contributed by atoms with Crippen LogP contribution in [0.25, 0.3) is 0 Å². The smallest absolute Gasteiger partial charge is 0.312 e. The van der Waals surface area contributed by atoms with Crippen molar-refractivity contribution in [3.05, 3.63) is 35.7 Å². The second-order valence-electron chi connectivity index (χ2n) is 4.45. The van der Waals surface area contributed by atoms with E-state index in [1.165, 1.54) is 0 Å². The van der Waals surface area contributed by atoms with Gasteiger partial charge in [-0.15, -0.1) is 5.10 Å². The molecule has 0 radical (unpaired) electrons. The SMILES string of the molecule is CC(C)S(=O)(=O)c1ccc(Cc2nnc(N)o2)cc1. The van der Waals surface area contributed by atoms with Gasteiger partial charge < -0.3 is 10.2 Å². The number of nitrogens with two attached hydrogens (primary N) is 1. The van der Waals surface area contributed by atoms with Crippen LogP contribution >= 0.6 is 0 Å². The van der Waals surface area contributed by atoms with Crippen molar-refractivity contribution >= 4 is 15.9 Å². The van der Waals surface area contributed by atoms with Gasteiger partial charge in [-0.2, -0.15) is 0 Å². The van der Waals surface area contributed by atoms with Crippen LogP contribution in [0.4, 0.5) is 6.01 Å². The number of rotatable bonds is 4. The summed E-state index contributed by atoms with van der Waals surface area (Å²) in [4.78, 5) is 0.316. The number of hydrogen-bond donors (Lipinski definition) is 1. The molecule has 19 heavy (non-hydrogen) atoms. The lowest BCUT2D eigenvalue weighted by Crippen LogP contribution is -2.13. The summed E-state index contributed by atoms with van der Waals surface area (Å²) >= 11 is 0. The van der Waals surface area contributed by atoms with Crippen LogP contribution in [-0.2, 0) is 16.3 Å². The highest BCUT2D eigenvalue weighted by Gasteiger charge is 2.18. The second-order valence-corrected chi connectivity index (χ2v) is 6.95. The Bertz CT molecular complexity index is 660. The predicted octanol–water partition coefficient (Wildman–Crippen LogP) is 1.42. The zero-order valence-corrected chi connectivity index (χ0v) is 11.5. The summed E-state index contributed by atoms with van der Waals surface area (Å²) < 4.78 is 29.0. The van der Waals surface area contributed by atoms with Crippen molar-refractivity contribution < 1.29 is 12.8 Å². The second kappa shape index (κ2) is 5.00. The predicted molar refractivity (Wildman–Crippen MR) is 70.3 cm³/mol. The maximum atomic E-state index is 11.9. The Hall–Kier alpha value is -1.89. The van der Waals surface area contributed by atoms with Crippen LogP contribution in [0.5, 0.6) is 0 Å². The van der Waals surface area contributed by atoms with Gasteiger partial charge in [-0.25, -0.2) is 8.42 Å². The summed E-state index contributed by atoms with van der Waals surface area (Å²) in [6.07, 6.45) is 0.423. The minimum absolute atomic E-state index is 0.0222. The molecule has 0 unspecified atom stereocenters. The molecule has 0 saturated carbocycles. The van der Waals surface area contributed by atoms with Gasteiger partial charge in [-0.3, -0.25) is 0 Å². The third-order valence-corrected chi connectivity index (χ3v) is 4.88. The average Bonchev–Trinajstić information content (AvgIpc) is 2.75. The fourth-order valence-electron chi connectivity index (χ4n) is 1.58. The molecule has 2 rings (SSSR count). The number of benzene rings is 1. The molecule has 0 bridgehead atoms. The summed E-state index contributed by atoms with van der Waals surface area (Å²) in [7, 11) is -3.23. The number of aromatic nitrogens is 2. The third-order valence-electron chi connectivity index (χ3n) is 2.71. The van der Waals surface area contributed by atoms with E-state index in [0.29, 0.717) is 17.2 Å². The van der Waals surface area contributed by atoms with E-state index in [9.17, 15) is 8.42 Å². The molecule has 0 aliphatic heterocycles. The fraction of sp³-hybridized carbons (Fsp3) is 0.333. The largest absolute Gasteiger partial charge is 0.408 e. The van der Waals surface area contributed by atoms with Crippen molar-refractivity contribution in [2.24, 2.45) is 0 Å². The zero-order valence-electron chi connectivity index (χ0n) is 10.7. The van der Waals surface area contributed by atoms with Crippen LogP contribution in [0.15, 0.2) is 33.6 Å². The standard InChI is InChI=1S/C12H15N3O3S/c1-8(2)19(16,17)10-5-3-9(4-6-10)7-11-14-15-12(13)18-11/h3-6,8H,7H2,1-2H3,(H2,13,15). The molecular formula is C12H15N3O3S. The van der Waals surface area contributed by atoms with E-state index >= 15 is 0 Å². The summed E-state index contributed by atoms with van der Waals surface area (Å²) in [5.74, 6) is 0.400. The summed E-state index contributed by atoms with van der Waals surface area (Å²) in [5.41, 5.74) is 6.21. The van der Waals surface area contributed by atoms with Gasteiger partial charge in [0.25, 0.3) is 0 Å². The quantitative estimate of drug-likeness (QED) is 0.910. The highest BCUT2D eigenvalue weighted by atomic mass is 32.2. The first-order valence-electron chi connectivity index (χ1n) is 5.80. The number of nitrogen functional groups attached to an aromatic ring is 1. The van der Waals surface area contributed by atoms with E-state index in [0.717, 1.165) is 5.56 Å². The maximum Gasteiger partial charge on any atom is 0.312 e. The molecule has 0 saturated heterocycles. The Balaban J connectivity index is 2.19. The fourth-order valence-corrected chi connectivity index (χ4v) is 2.64. The first kappa shape index (κ1) is 13.5. The van der Waals surface area contributed by atoms with E-state index in [1.54, 1.807) is 38.1 Å². The molecule has 0 fully saturated rings. The molecule has 0 aliphatic rings. The van der Waals surface area contributed by atoms with Crippen LogP contribution < -0.4 is 5.73 Å².